The molecule has 0 bridgehead atoms. The van der Waals surface area contributed by atoms with Gasteiger partial charge in [0.2, 0.25) is 0 Å². The Morgan fingerprint density at radius 1 is 1.22 bits per heavy atom. The molecular weight excluding hydrogens is 361 g/mol. The van der Waals surface area contributed by atoms with E-state index in [0.29, 0.717) is 28.6 Å². The average molecular weight is 377 g/mol. The summed E-state index contributed by atoms with van der Waals surface area (Å²) in [4.78, 5) is 14.1. The predicted octanol–water partition coefficient (Wildman–Crippen LogP) is 5.77. The number of hydrogen-bond donors (Lipinski definition) is 0. The number of esters is 1. The molecule has 0 aliphatic carbocycles. The van der Waals surface area contributed by atoms with E-state index in [4.69, 9.17) is 0 Å². The molecule has 1 rings (SSSR count). The quantitative estimate of drug-likeness (QED) is 0.371. The minimum Gasteiger partial charge on any atom is -0.469 e. The highest BCUT2D eigenvalue weighted by Crippen LogP contribution is 3.02. The van der Waals surface area contributed by atoms with Crippen molar-refractivity contribution in [2.45, 2.75) is 27.2 Å². The minimum absolute atomic E-state index is 0.0631. The van der Waals surface area contributed by atoms with Gasteiger partial charge in [-0.1, -0.05) is 25.5 Å². The van der Waals surface area contributed by atoms with Crippen LogP contribution in [0.5, 0.6) is 0 Å². The number of rotatable bonds is 5. The van der Waals surface area contributed by atoms with E-state index in [-0.39, 0.29) is 12.0 Å². The molecule has 1 aromatic heterocycles. The van der Waals surface area contributed by atoms with Crippen LogP contribution in [0.2, 0.25) is 0 Å². The molecule has 0 unspecified atom stereocenters. The lowest BCUT2D eigenvalue weighted by Gasteiger charge is -2.41. The number of nitrogens with zero attached hydrogens (tertiary/aromatic N) is 1. The molecule has 132 valence electrons. The maximum Gasteiger partial charge on any atom is 0.311 e. The summed E-state index contributed by atoms with van der Waals surface area (Å²) < 4.78 is 67.3. The first-order valence-corrected chi connectivity index (χ1v) is 9.03. The van der Waals surface area contributed by atoms with Crippen LogP contribution in [0, 0.1) is 6.92 Å². The van der Waals surface area contributed by atoms with Crippen LogP contribution >= 0.6 is 21.6 Å². The van der Waals surface area contributed by atoms with Gasteiger partial charge in [-0.15, -0.1) is 11.3 Å². The van der Waals surface area contributed by atoms with Crippen molar-refractivity contribution in [2.24, 2.45) is 0 Å². The molecule has 0 saturated carbocycles. The molecule has 1 aromatic rings. The summed E-state index contributed by atoms with van der Waals surface area (Å²) in [6.45, 7) is 3.49. The molecule has 0 aliphatic rings. The lowest BCUT2D eigenvalue weighted by atomic mass is 10.2. The van der Waals surface area contributed by atoms with Gasteiger partial charge in [0, 0.05) is 4.88 Å². The zero-order valence-corrected chi connectivity index (χ0v) is 14.5. The molecule has 0 N–H and O–H groups in total. The summed E-state index contributed by atoms with van der Waals surface area (Å²) in [7, 11) is -8.40. The van der Waals surface area contributed by atoms with Crippen molar-refractivity contribution in [3.05, 3.63) is 32.6 Å². The van der Waals surface area contributed by atoms with Gasteiger partial charge < -0.3 is 4.74 Å². The third-order valence-corrected chi connectivity index (χ3v) is 5.45. The Morgan fingerprint density at radius 2 is 1.78 bits per heavy atom. The first-order valence-electron chi connectivity index (χ1n) is 6.27. The van der Waals surface area contributed by atoms with Crippen LogP contribution in [0.25, 0.3) is 5.57 Å². The summed E-state index contributed by atoms with van der Waals surface area (Å²) in [6, 6.07) is 0. The zero-order chi connectivity index (χ0) is 18.1. The molecule has 0 amide bonds. The number of carbonyl (C=O) groups is 1. The van der Waals surface area contributed by atoms with E-state index in [1.54, 1.807) is 6.92 Å². The van der Waals surface area contributed by atoms with Crippen molar-refractivity contribution in [1.82, 2.24) is 4.98 Å². The van der Waals surface area contributed by atoms with E-state index < -0.39 is 21.1 Å². The van der Waals surface area contributed by atoms with E-state index >= 15 is 0 Å². The maximum atomic E-state index is 12.6. The average Bonchev–Trinajstić information content (AvgIpc) is 2.74. The number of allylic oxidation sites excluding steroid dienone is 4. The fourth-order valence-electron chi connectivity index (χ4n) is 1.41. The summed E-state index contributed by atoms with van der Waals surface area (Å²) in [5.41, 5.74) is 0.730. The number of hydrogen-bond acceptors (Lipinski definition) is 4. The molecule has 0 spiro atoms. The molecule has 0 atom stereocenters. The topological polar surface area (TPSA) is 39.2 Å². The Kier molecular flexibility index (Phi) is 4.77. The Balaban J connectivity index is 3.10. The molecule has 10 heteroatoms. The van der Waals surface area contributed by atoms with E-state index in [0.717, 1.165) is 17.4 Å². The fraction of sp³-hybridized carbons (Fsp3) is 0.385. The molecule has 0 aromatic carbocycles. The number of ether oxygens (including phenoxy) is 1. The summed E-state index contributed by atoms with van der Waals surface area (Å²) >= 11 is 1.16. The van der Waals surface area contributed by atoms with Gasteiger partial charge in [0.1, 0.15) is 5.01 Å². The molecule has 23 heavy (non-hydrogen) atoms. The molecule has 0 saturated heterocycles. The third-order valence-electron chi connectivity index (χ3n) is 2.95. The van der Waals surface area contributed by atoms with Crippen molar-refractivity contribution in [1.29, 1.82) is 0 Å². The molecule has 0 fully saturated rings. The molecule has 1 heterocycles. The first-order chi connectivity index (χ1) is 10.1. The second-order valence-electron chi connectivity index (χ2n) is 4.87. The van der Waals surface area contributed by atoms with Crippen LogP contribution < -0.4 is 0 Å². The van der Waals surface area contributed by atoms with Gasteiger partial charge in [-0.25, -0.2) is 4.98 Å². The van der Waals surface area contributed by atoms with Gasteiger partial charge >= 0.3 is 16.2 Å². The number of methoxy groups -OCH3 is 1. The standard InChI is InChI=1S/C13H16F5NO2S2/c1-8(5-6-9(2)23(14,15,16,17)18)13-19-11(10(3)22-13)7-12(20)21-4/h5-6H,7H2,1-4H3/b8-5+,9-6+. The number of carbonyl (C=O) groups excluding carboxylic acids is 1. The molecular formula is C13H16F5NO2S2. The summed E-state index contributed by atoms with van der Waals surface area (Å²) in [6.07, 6.45) is 1.22. The van der Waals surface area contributed by atoms with E-state index in [2.05, 4.69) is 9.72 Å². The van der Waals surface area contributed by atoms with Crippen molar-refractivity contribution in [3.63, 3.8) is 0 Å². The van der Waals surface area contributed by atoms with E-state index in [1.807, 2.05) is 0 Å². The number of aromatic nitrogens is 1. The highest BCUT2D eigenvalue weighted by Gasteiger charge is 2.65. The molecule has 3 nitrogen and oxygen atoms in total. The largest absolute Gasteiger partial charge is 0.469 e. The number of halogens is 5. The Hall–Kier alpha value is -1.42. The molecule has 0 radical (unpaired) electrons. The monoisotopic (exact) mass is 377 g/mol. The number of aryl methyl sites for hydroxylation is 1. The SMILES string of the molecule is COC(=O)Cc1nc(/C(C)=C/C=C(\C)S(F)(F)(F)(F)F)sc1C. The van der Waals surface area contributed by atoms with Crippen LogP contribution in [0.15, 0.2) is 17.1 Å². The Bertz CT molecular complexity index is 689. The van der Waals surface area contributed by atoms with Crippen molar-refractivity contribution >= 4 is 33.1 Å². The first kappa shape index (κ1) is 19.6. The van der Waals surface area contributed by atoms with Crippen molar-refractivity contribution in [2.75, 3.05) is 7.11 Å². The third kappa shape index (κ3) is 5.61. The maximum absolute atomic E-state index is 12.6. The van der Waals surface area contributed by atoms with Crippen LogP contribution in [-0.4, -0.2) is 18.1 Å². The van der Waals surface area contributed by atoms with E-state index in [1.165, 1.54) is 14.0 Å². The van der Waals surface area contributed by atoms with Crippen LogP contribution in [0.3, 0.4) is 0 Å². The zero-order valence-electron chi connectivity index (χ0n) is 12.8. The summed E-state index contributed by atoms with van der Waals surface area (Å²) in [5, 5.41) is 0.354. The van der Waals surface area contributed by atoms with Gasteiger partial charge in [0.15, 0.2) is 0 Å². The van der Waals surface area contributed by atoms with Gasteiger partial charge in [-0.3, -0.25) is 4.79 Å². The second-order valence-corrected chi connectivity index (χ2v) is 8.66. The van der Waals surface area contributed by atoms with Crippen LogP contribution in [-0.2, 0) is 16.0 Å². The van der Waals surface area contributed by atoms with Crippen molar-refractivity contribution in [3.8, 4) is 0 Å². The highest BCUT2D eigenvalue weighted by molar-refractivity contribution is 8.48. The van der Waals surface area contributed by atoms with Gasteiger partial charge in [-0.05, 0) is 32.4 Å². The van der Waals surface area contributed by atoms with Crippen molar-refractivity contribution < 1.29 is 29.0 Å². The van der Waals surface area contributed by atoms with E-state index in [9.17, 15) is 24.2 Å². The fourth-order valence-corrected chi connectivity index (χ4v) is 2.65. The lowest BCUT2D eigenvalue weighted by molar-refractivity contribution is -0.139. The Labute approximate surface area is 134 Å². The smallest absolute Gasteiger partial charge is 0.311 e. The second kappa shape index (κ2) is 5.59. The summed E-state index contributed by atoms with van der Waals surface area (Å²) in [5.74, 6) is -0.497. The van der Waals surface area contributed by atoms with Gasteiger partial charge in [0.05, 0.1) is 24.1 Å². The Morgan fingerprint density at radius 3 is 2.26 bits per heavy atom. The van der Waals surface area contributed by atoms with Gasteiger partial charge in [-0.2, -0.15) is 0 Å². The lowest BCUT2D eigenvalue weighted by Crippen LogP contribution is -2.06. The van der Waals surface area contributed by atoms with Crippen LogP contribution in [0.1, 0.15) is 29.4 Å². The number of thiazole rings is 1. The van der Waals surface area contributed by atoms with Crippen LogP contribution in [0.4, 0.5) is 19.4 Å². The highest BCUT2D eigenvalue weighted by atomic mass is 32.5. The van der Waals surface area contributed by atoms with Gasteiger partial charge in [0.25, 0.3) is 0 Å². The normalized spacial score (nSPS) is 16.7. The minimum atomic E-state index is -9.63. The molecule has 0 aliphatic heterocycles. The predicted molar refractivity (Wildman–Crippen MR) is 83.1 cm³/mol.